The molecule has 8 nitrogen and oxygen atoms in total. The fourth-order valence-electron chi connectivity index (χ4n) is 2.39. The van der Waals surface area contributed by atoms with Crippen LogP contribution in [0.4, 0.5) is 5.69 Å². The van der Waals surface area contributed by atoms with Crippen LogP contribution in [0.2, 0.25) is 0 Å². The van der Waals surface area contributed by atoms with Crippen molar-refractivity contribution < 1.29 is 4.79 Å². The van der Waals surface area contributed by atoms with E-state index in [1.165, 1.54) is 18.3 Å². The number of H-pyrrole nitrogens is 2. The predicted molar refractivity (Wildman–Crippen MR) is 91.6 cm³/mol. The molecule has 24 heavy (non-hydrogen) atoms. The van der Waals surface area contributed by atoms with E-state index in [0.29, 0.717) is 11.3 Å². The lowest BCUT2D eigenvalue weighted by atomic mass is 10.2. The Morgan fingerprint density at radius 2 is 2.17 bits per heavy atom. The number of aryl methyl sites for hydroxylation is 1. The highest BCUT2D eigenvalue weighted by Gasteiger charge is 2.15. The topological polar surface area (TPSA) is 112 Å². The van der Waals surface area contributed by atoms with E-state index in [1.54, 1.807) is 12.4 Å². The lowest BCUT2D eigenvalue weighted by Gasteiger charge is -2.01. The minimum absolute atomic E-state index is 0.148. The SMILES string of the molecule is CC(=O)Nc1cnc2n[nH]c(-c3csc(-c4ncc(C)[nH]4)n3)c2c1. The van der Waals surface area contributed by atoms with E-state index < -0.39 is 0 Å². The van der Waals surface area contributed by atoms with Crippen molar-refractivity contribution in [3.05, 3.63) is 29.5 Å². The number of aromatic amines is 2. The fraction of sp³-hybridized carbons (Fsp3) is 0.133. The van der Waals surface area contributed by atoms with Crippen LogP contribution in [0.3, 0.4) is 0 Å². The first-order chi connectivity index (χ1) is 11.6. The van der Waals surface area contributed by atoms with E-state index in [-0.39, 0.29) is 5.91 Å². The Bertz CT molecular complexity index is 1050. The highest BCUT2D eigenvalue weighted by Crippen LogP contribution is 2.30. The molecule has 0 spiro atoms. The molecule has 0 bridgehead atoms. The van der Waals surface area contributed by atoms with Crippen LogP contribution in [-0.4, -0.2) is 36.0 Å². The van der Waals surface area contributed by atoms with Gasteiger partial charge in [0.1, 0.15) is 5.69 Å². The Kier molecular flexibility index (Phi) is 3.35. The maximum Gasteiger partial charge on any atom is 0.221 e. The Balaban J connectivity index is 1.76. The standard InChI is InChI=1S/C15H13N7OS/c1-7-4-16-14(18-7)15-20-11(6-24-15)12-10-3-9(19-8(2)23)5-17-13(10)22-21-12/h3-6H,1-2H3,(H,16,18)(H,19,23)(H,17,21,22). The second-order valence-corrected chi connectivity index (χ2v) is 6.19. The van der Waals surface area contributed by atoms with Gasteiger partial charge in [-0.3, -0.25) is 9.89 Å². The molecule has 0 radical (unpaired) electrons. The number of nitrogens with zero attached hydrogens (tertiary/aromatic N) is 4. The molecular formula is C15H13N7OS. The van der Waals surface area contributed by atoms with E-state index in [0.717, 1.165) is 33.3 Å². The van der Waals surface area contributed by atoms with Crippen LogP contribution in [-0.2, 0) is 4.79 Å². The zero-order valence-corrected chi connectivity index (χ0v) is 13.7. The zero-order chi connectivity index (χ0) is 16.7. The highest BCUT2D eigenvalue weighted by atomic mass is 32.1. The van der Waals surface area contributed by atoms with Crippen LogP contribution in [0.25, 0.3) is 33.3 Å². The van der Waals surface area contributed by atoms with Crippen LogP contribution in [0.1, 0.15) is 12.6 Å². The molecule has 4 rings (SSSR count). The summed E-state index contributed by atoms with van der Waals surface area (Å²) in [5, 5.41) is 13.4. The third kappa shape index (κ3) is 2.54. The third-order valence-electron chi connectivity index (χ3n) is 3.40. The molecule has 4 aromatic heterocycles. The molecule has 0 unspecified atom stereocenters. The number of nitrogens with one attached hydrogen (secondary N) is 3. The summed E-state index contributed by atoms with van der Waals surface area (Å²) in [5.74, 6) is 0.593. The van der Waals surface area contributed by atoms with Crippen molar-refractivity contribution in [2.75, 3.05) is 5.32 Å². The number of hydrogen-bond donors (Lipinski definition) is 3. The summed E-state index contributed by atoms with van der Waals surface area (Å²) in [7, 11) is 0. The summed E-state index contributed by atoms with van der Waals surface area (Å²) in [5.41, 5.74) is 3.69. The lowest BCUT2D eigenvalue weighted by Crippen LogP contribution is -2.05. The minimum Gasteiger partial charge on any atom is -0.340 e. The smallest absolute Gasteiger partial charge is 0.221 e. The van der Waals surface area contributed by atoms with Crippen molar-refractivity contribution in [2.24, 2.45) is 0 Å². The molecular weight excluding hydrogens is 326 g/mol. The molecule has 0 aliphatic carbocycles. The predicted octanol–water partition coefficient (Wildman–Crippen LogP) is 2.74. The van der Waals surface area contributed by atoms with Gasteiger partial charge in [0.15, 0.2) is 16.5 Å². The van der Waals surface area contributed by atoms with Gasteiger partial charge in [-0.1, -0.05) is 0 Å². The molecule has 0 aliphatic rings. The second-order valence-electron chi connectivity index (χ2n) is 5.33. The number of carbonyl (C=O) groups excluding carboxylic acids is 1. The number of rotatable bonds is 3. The van der Waals surface area contributed by atoms with Gasteiger partial charge < -0.3 is 10.3 Å². The van der Waals surface area contributed by atoms with E-state index >= 15 is 0 Å². The Labute approximate surface area is 140 Å². The Hall–Kier alpha value is -3.07. The van der Waals surface area contributed by atoms with Gasteiger partial charge in [0.2, 0.25) is 5.91 Å². The van der Waals surface area contributed by atoms with Crippen molar-refractivity contribution in [3.8, 4) is 22.2 Å². The molecule has 9 heteroatoms. The molecule has 1 amide bonds. The second kappa shape index (κ2) is 5.53. The van der Waals surface area contributed by atoms with E-state index in [4.69, 9.17) is 0 Å². The van der Waals surface area contributed by atoms with Gasteiger partial charge in [0, 0.05) is 24.2 Å². The van der Waals surface area contributed by atoms with Gasteiger partial charge >= 0.3 is 0 Å². The number of fused-ring (bicyclic) bond motifs is 1. The highest BCUT2D eigenvalue weighted by molar-refractivity contribution is 7.13. The molecule has 0 aliphatic heterocycles. The van der Waals surface area contributed by atoms with Crippen LogP contribution in [0, 0.1) is 6.92 Å². The molecule has 0 atom stereocenters. The van der Waals surface area contributed by atoms with Crippen LogP contribution in [0.15, 0.2) is 23.8 Å². The first-order valence-electron chi connectivity index (χ1n) is 7.20. The number of hydrogen-bond acceptors (Lipinski definition) is 6. The molecule has 4 aromatic rings. The van der Waals surface area contributed by atoms with E-state index in [2.05, 4.69) is 35.5 Å². The molecule has 4 heterocycles. The number of thiazole rings is 1. The first-order valence-corrected chi connectivity index (χ1v) is 8.08. The summed E-state index contributed by atoms with van der Waals surface area (Å²) in [6, 6.07) is 1.83. The monoisotopic (exact) mass is 339 g/mol. The fourth-order valence-corrected chi connectivity index (χ4v) is 3.15. The lowest BCUT2D eigenvalue weighted by molar-refractivity contribution is -0.114. The van der Waals surface area contributed by atoms with Crippen LogP contribution in [0.5, 0.6) is 0 Å². The van der Waals surface area contributed by atoms with Gasteiger partial charge in [-0.15, -0.1) is 11.3 Å². The van der Waals surface area contributed by atoms with E-state index in [9.17, 15) is 4.79 Å². The number of imidazole rings is 1. The van der Waals surface area contributed by atoms with Crippen molar-refractivity contribution in [3.63, 3.8) is 0 Å². The average Bonchev–Trinajstić information content (AvgIpc) is 3.24. The Morgan fingerprint density at radius 3 is 2.92 bits per heavy atom. The van der Waals surface area contributed by atoms with Crippen molar-refractivity contribution in [2.45, 2.75) is 13.8 Å². The normalized spacial score (nSPS) is 11.1. The first kappa shape index (κ1) is 14.5. The maximum absolute atomic E-state index is 11.2. The quantitative estimate of drug-likeness (QED) is 0.531. The molecule has 0 aromatic carbocycles. The van der Waals surface area contributed by atoms with Crippen LogP contribution >= 0.6 is 11.3 Å². The van der Waals surface area contributed by atoms with Crippen molar-refractivity contribution in [1.29, 1.82) is 0 Å². The van der Waals surface area contributed by atoms with Gasteiger partial charge in [-0.25, -0.2) is 15.0 Å². The third-order valence-corrected chi connectivity index (χ3v) is 4.24. The molecule has 0 saturated heterocycles. The molecule has 0 fully saturated rings. The van der Waals surface area contributed by atoms with Gasteiger partial charge in [0.05, 0.1) is 23.0 Å². The summed E-state index contributed by atoms with van der Waals surface area (Å²) < 4.78 is 0. The van der Waals surface area contributed by atoms with Gasteiger partial charge in [-0.05, 0) is 13.0 Å². The molecule has 0 saturated carbocycles. The number of pyridine rings is 1. The van der Waals surface area contributed by atoms with Gasteiger partial charge in [0.25, 0.3) is 0 Å². The minimum atomic E-state index is -0.148. The maximum atomic E-state index is 11.2. The largest absolute Gasteiger partial charge is 0.340 e. The van der Waals surface area contributed by atoms with Crippen LogP contribution < -0.4 is 5.32 Å². The van der Waals surface area contributed by atoms with Gasteiger partial charge in [-0.2, -0.15) is 5.10 Å². The number of aromatic nitrogens is 6. The Morgan fingerprint density at radius 1 is 1.29 bits per heavy atom. The number of carbonyl (C=O) groups is 1. The summed E-state index contributed by atoms with van der Waals surface area (Å²) in [6.45, 7) is 3.40. The van der Waals surface area contributed by atoms with Crippen molar-refractivity contribution in [1.82, 2.24) is 30.1 Å². The summed E-state index contributed by atoms with van der Waals surface area (Å²) in [6.07, 6.45) is 3.35. The average molecular weight is 339 g/mol. The number of anilines is 1. The number of amides is 1. The van der Waals surface area contributed by atoms with Crippen molar-refractivity contribution >= 4 is 34.0 Å². The zero-order valence-electron chi connectivity index (χ0n) is 12.9. The van der Waals surface area contributed by atoms with E-state index in [1.807, 2.05) is 18.4 Å². The molecule has 3 N–H and O–H groups in total. The summed E-state index contributed by atoms with van der Waals surface area (Å²) in [4.78, 5) is 27.6. The summed E-state index contributed by atoms with van der Waals surface area (Å²) >= 11 is 1.49. The molecule has 120 valence electrons.